The zero-order valence-electron chi connectivity index (χ0n) is 9.16. The third-order valence-corrected chi connectivity index (χ3v) is 3.71. The van der Waals surface area contributed by atoms with E-state index in [0.29, 0.717) is 0 Å². The standard InChI is InChI=1S/C10H16O6/c1-4-6(3-16-15)5(2)8(10(13)14)7(4)9(11)12/h4-8,15H,3H2,1-2H3,(H,11,12)(H,13,14). The highest BCUT2D eigenvalue weighted by molar-refractivity contribution is 5.81. The molecule has 0 aliphatic heterocycles. The van der Waals surface area contributed by atoms with Gasteiger partial charge in [-0.1, -0.05) is 13.8 Å². The molecule has 16 heavy (non-hydrogen) atoms. The van der Waals surface area contributed by atoms with Crippen molar-refractivity contribution in [2.75, 3.05) is 6.61 Å². The number of carboxylic acids is 2. The van der Waals surface area contributed by atoms with E-state index in [9.17, 15) is 9.59 Å². The Labute approximate surface area is 92.8 Å². The monoisotopic (exact) mass is 232 g/mol. The van der Waals surface area contributed by atoms with Crippen LogP contribution in [0.25, 0.3) is 0 Å². The molecule has 0 spiro atoms. The van der Waals surface area contributed by atoms with Gasteiger partial charge in [0.2, 0.25) is 0 Å². The topological polar surface area (TPSA) is 104 Å². The predicted molar refractivity (Wildman–Crippen MR) is 52.7 cm³/mol. The third-order valence-electron chi connectivity index (χ3n) is 3.71. The summed E-state index contributed by atoms with van der Waals surface area (Å²) < 4.78 is 0. The third kappa shape index (κ3) is 2.03. The average Bonchev–Trinajstić information content (AvgIpc) is 2.42. The van der Waals surface area contributed by atoms with Gasteiger partial charge in [-0.15, -0.1) is 0 Å². The van der Waals surface area contributed by atoms with Crippen LogP contribution in [0.5, 0.6) is 0 Å². The van der Waals surface area contributed by atoms with Gasteiger partial charge < -0.3 is 10.2 Å². The van der Waals surface area contributed by atoms with E-state index in [1.165, 1.54) is 0 Å². The minimum absolute atomic E-state index is 0.0319. The lowest BCUT2D eigenvalue weighted by molar-refractivity contribution is -0.255. The molecule has 0 aromatic heterocycles. The minimum Gasteiger partial charge on any atom is -0.481 e. The van der Waals surface area contributed by atoms with Gasteiger partial charge in [-0.05, 0) is 17.8 Å². The van der Waals surface area contributed by atoms with Gasteiger partial charge in [0.25, 0.3) is 0 Å². The number of carbonyl (C=O) groups is 2. The van der Waals surface area contributed by atoms with Crippen LogP contribution in [0.3, 0.4) is 0 Å². The maximum atomic E-state index is 11.1. The normalized spacial score (nSPS) is 38.6. The first-order valence-corrected chi connectivity index (χ1v) is 5.13. The van der Waals surface area contributed by atoms with Gasteiger partial charge in [0, 0.05) is 0 Å². The van der Waals surface area contributed by atoms with Crippen LogP contribution in [-0.2, 0) is 14.5 Å². The smallest absolute Gasteiger partial charge is 0.307 e. The molecule has 0 aromatic rings. The van der Waals surface area contributed by atoms with Crippen LogP contribution in [0, 0.1) is 29.6 Å². The Morgan fingerprint density at radius 3 is 1.69 bits per heavy atom. The molecule has 1 saturated carbocycles. The molecular weight excluding hydrogens is 216 g/mol. The van der Waals surface area contributed by atoms with Crippen LogP contribution in [0.2, 0.25) is 0 Å². The first kappa shape index (κ1) is 12.9. The Hall–Kier alpha value is -1.14. The lowest BCUT2D eigenvalue weighted by Gasteiger charge is -2.18. The molecule has 4 atom stereocenters. The van der Waals surface area contributed by atoms with Crippen LogP contribution in [0.4, 0.5) is 0 Å². The summed E-state index contributed by atoms with van der Waals surface area (Å²) >= 11 is 0. The van der Waals surface area contributed by atoms with Crippen molar-refractivity contribution in [1.29, 1.82) is 0 Å². The first-order chi connectivity index (χ1) is 7.41. The average molecular weight is 232 g/mol. The summed E-state index contributed by atoms with van der Waals surface area (Å²) in [5.41, 5.74) is 0. The van der Waals surface area contributed by atoms with E-state index >= 15 is 0 Å². The lowest BCUT2D eigenvalue weighted by atomic mass is 9.88. The van der Waals surface area contributed by atoms with Crippen LogP contribution in [0.1, 0.15) is 13.8 Å². The lowest BCUT2D eigenvalue weighted by Crippen LogP contribution is -2.30. The van der Waals surface area contributed by atoms with E-state index in [0.717, 1.165) is 0 Å². The van der Waals surface area contributed by atoms with E-state index in [1.807, 2.05) is 0 Å². The first-order valence-electron chi connectivity index (χ1n) is 5.13. The van der Waals surface area contributed by atoms with Crippen LogP contribution in [-0.4, -0.2) is 34.0 Å². The van der Waals surface area contributed by atoms with Crippen molar-refractivity contribution in [3.8, 4) is 0 Å². The predicted octanol–water partition coefficient (Wildman–Crippen LogP) is 0.780. The molecule has 1 aliphatic carbocycles. The zero-order valence-corrected chi connectivity index (χ0v) is 9.16. The summed E-state index contributed by atoms with van der Waals surface area (Å²) in [5.74, 6) is -4.98. The van der Waals surface area contributed by atoms with E-state index in [4.69, 9.17) is 15.5 Å². The molecular formula is C10H16O6. The number of rotatable bonds is 4. The Kier molecular flexibility index (Phi) is 3.88. The fraction of sp³-hybridized carbons (Fsp3) is 0.800. The molecule has 6 heteroatoms. The highest BCUT2D eigenvalue weighted by Crippen LogP contribution is 2.46. The second kappa shape index (κ2) is 4.80. The molecule has 0 aromatic carbocycles. The highest BCUT2D eigenvalue weighted by atomic mass is 17.1. The Morgan fingerprint density at radius 1 is 1.06 bits per heavy atom. The van der Waals surface area contributed by atoms with Crippen LogP contribution in [0.15, 0.2) is 0 Å². The largest absolute Gasteiger partial charge is 0.481 e. The molecule has 1 fully saturated rings. The molecule has 0 bridgehead atoms. The summed E-state index contributed by atoms with van der Waals surface area (Å²) in [4.78, 5) is 26.1. The fourth-order valence-corrected chi connectivity index (χ4v) is 2.81. The van der Waals surface area contributed by atoms with Crippen molar-refractivity contribution < 1.29 is 29.9 Å². The highest BCUT2D eigenvalue weighted by Gasteiger charge is 2.53. The molecule has 92 valence electrons. The van der Waals surface area contributed by atoms with E-state index in [1.54, 1.807) is 13.8 Å². The van der Waals surface area contributed by atoms with Crippen molar-refractivity contribution in [3.05, 3.63) is 0 Å². The number of carboxylic acid groups (broad SMARTS) is 2. The Morgan fingerprint density at radius 2 is 1.44 bits per heavy atom. The summed E-state index contributed by atoms with van der Waals surface area (Å²) in [6.45, 7) is 3.33. The number of hydrogen-bond acceptors (Lipinski definition) is 4. The molecule has 0 saturated heterocycles. The number of aliphatic carboxylic acids is 2. The summed E-state index contributed by atoms with van der Waals surface area (Å²) in [6.07, 6.45) is 0. The molecule has 0 radical (unpaired) electrons. The molecule has 3 N–H and O–H groups in total. The van der Waals surface area contributed by atoms with Crippen LogP contribution >= 0.6 is 0 Å². The molecule has 1 aliphatic rings. The summed E-state index contributed by atoms with van der Waals surface area (Å²) in [5, 5.41) is 26.5. The van der Waals surface area contributed by atoms with E-state index in [-0.39, 0.29) is 24.4 Å². The van der Waals surface area contributed by atoms with E-state index < -0.39 is 23.8 Å². The molecule has 6 nitrogen and oxygen atoms in total. The van der Waals surface area contributed by atoms with Crippen LogP contribution < -0.4 is 0 Å². The van der Waals surface area contributed by atoms with Crippen molar-refractivity contribution in [3.63, 3.8) is 0 Å². The van der Waals surface area contributed by atoms with Gasteiger partial charge in [-0.3, -0.25) is 14.8 Å². The number of hydrogen-bond donors (Lipinski definition) is 3. The summed E-state index contributed by atoms with van der Waals surface area (Å²) in [7, 11) is 0. The van der Waals surface area contributed by atoms with Crippen molar-refractivity contribution in [2.24, 2.45) is 29.6 Å². The Bertz CT molecular complexity index is 263. The van der Waals surface area contributed by atoms with Gasteiger partial charge in [-0.2, -0.15) is 0 Å². The second-order valence-electron chi connectivity index (χ2n) is 4.41. The van der Waals surface area contributed by atoms with Gasteiger partial charge >= 0.3 is 11.9 Å². The zero-order chi connectivity index (χ0) is 12.5. The molecule has 0 heterocycles. The van der Waals surface area contributed by atoms with E-state index in [2.05, 4.69) is 4.89 Å². The molecule has 1 rings (SSSR count). The maximum Gasteiger partial charge on any atom is 0.307 e. The van der Waals surface area contributed by atoms with Gasteiger partial charge in [0.05, 0.1) is 18.4 Å². The Balaban J connectivity index is 2.98. The quantitative estimate of drug-likeness (QED) is 0.488. The van der Waals surface area contributed by atoms with Gasteiger partial charge in [-0.25, -0.2) is 4.89 Å². The molecule has 0 amide bonds. The maximum absolute atomic E-state index is 11.1. The van der Waals surface area contributed by atoms with Gasteiger partial charge in [0.1, 0.15) is 0 Å². The SMILES string of the molecule is CC1C(COO)C(C)C(C(=O)O)C1C(=O)O. The minimum atomic E-state index is -1.10. The fourth-order valence-electron chi connectivity index (χ4n) is 2.81. The van der Waals surface area contributed by atoms with Crippen molar-refractivity contribution >= 4 is 11.9 Å². The van der Waals surface area contributed by atoms with Crippen molar-refractivity contribution in [2.45, 2.75) is 13.8 Å². The molecule has 4 unspecified atom stereocenters. The second-order valence-corrected chi connectivity index (χ2v) is 4.41. The van der Waals surface area contributed by atoms with Gasteiger partial charge in [0.15, 0.2) is 0 Å². The summed E-state index contributed by atoms with van der Waals surface area (Å²) in [6, 6.07) is 0. The van der Waals surface area contributed by atoms with Crippen molar-refractivity contribution in [1.82, 2.24) is 0 Å².